The minimum atomic E-state index is -0.801. The third-order valence-electron chi connectivity index (χ3n) is 3.77. The first-order valence-corrected chi connectivity index (χ1v) is 8.64. The summed E-state index contributed by atoms with van der Waals surface area (Å²) in [7, 11) is 1.46. The second-order valence-electron chi connectivity index (χ2n) is 5.52. The monoisotopic (exact) mass is 372 g/mol. The molecule has 8 heteroatoms. The second-order valence-corrected chi connectivity index (χ2v) is 6.67. The molecule has 7 nitrogen and oxygen atoms in total. The molecule has 0 aromatic heterocycles. The van der Waals surface area contributed by atoms with Crippen LogP contribution in [-0.4, -0.2) is 34.5 Å². The third kappa shape index (κ3) is 3.65. The Labute approximate surface area is 153 Å². The molecule has 1 aliphatic heterocycles. The van der Waals surface area contributed by atoms with E-state index in [2.05, 4.69) is 5.32 Å². The number of hydrogen-bond donors (Lipinski definition) is 2. The number of imide groups is 1. The Morgan fingerprint density at radius 2 is 1.88 bits per heavy atom. The normalized spacial score (nSPS) is 16.7. The van der Waals surface area contributed by atoms with Gasteiger partial charge in [-0.15, -0.1) is 0 Å². The maximum atomic E-state index is 12.6. The molecule has 26 heavy (non-hydrogen) atoms. The number of phenolic OH excluding ortho intramolecular Hbond substituents is 1. The van der Waals surface area contributed by atoms with Crippen LogP contribution in [0.5, 0.6) is 11.5 Å². The predicted octanol–water partition coefficient (Wildman–Crippen LogP) is 3.00. The summed E-state index contributed by atoms with van der Waals surface area (Å²) < 4.78 is 5.20. The molecule has 0 spiro atoms. The van der Waals surface area contributed by atoms with Crippen LogP contribution in [0.3, 0.4) is 0 Å². The van der Waals surface area contributed by atoms with Crippen LogP contribution in [0.25, 0.3) is 0 Å². The van der Waals surface area contributed by atoms with Gasteiger partial charge in [-0.05, 0) is 48.2 Å². The van der Waals surface area contributed by atoms with Crippen LogP contribution >= 0.6 is 11.8 Å². The minimum Gasteiger partial charge on any atom is -0.508 e. The number of anilines is 2. The highest BCUT2D eigenvalue weighted by Gasteiger charge is 2.42. The highest BCUT2D eigenvalue weighted by Crippen LogP contribution is 2.37. The zero-order valence-electron chi connectivity index (χ0n) is 13.8. The summed E-state index contributed by atoms with van der Waals surface area (Å²) >= 11 is 0.818. The van der Waals surface area contributed by atoms with Crippen molar-refractivity contribution in [3.63, 3.8) is 0 Å². The number of amides is 3. The van der Waals surface area contributed by atoms with E-state index < -0.39 is 22.3 Å². The van der Waals surface area contributed by atoms with E-state index in [0.717, 1.165) is 16.7 Å². The first kappa shape index (κ1) is 17.8. The van der Waals surface area contributed by atoms with Gasteiger partial charge in [0.2, 0.25) is 11.8 Å². The van der Waals surface area contributed by atoms with Crippen molar-refractivity contribution in [2.75, 3.05) is 17.3 Å². The molecule has 2 aromatic carbocycles. The van der Waals surface area contributed by atoms with Gasteiger partial charge in [0.15, 0.2) is 0 Å². The molecule has 3 amide bonds. The van der Waals surface area contributed by atoms with Crippen molar-refractivity contribution in [2.24, 2.45) is 0 Å². The molecule has 0 saturated carbocycles. The molecule has 1 fully saturated rings. The number of rotatable bonds is 5. The van der Waals surface area contributed by atoms with Gasteiger partial charge in [0, 0.05) is 12.1 Å². The molecule has 1 saturated heterocycles. The molecule has 2 aromatic rings. The van der Waals surface area contributed by atoms with E-state index in [0.29, 0.717) is 17.1 Å². The van der Waals surface area contributed by atoms with Gasteiger partial charge in [-0.3, -0.25) is 14.4 Å². The summed E-state index contributed by atoms with van der Waals surface area (Å²) in [6, 6.07) is 12.7. The summed E-state index contributed by atoms with van der Waals surface area (Å²) in [6.07, 6.45) is -0.137. The van der Waals surface area contributed by atoms with Crippen molar-refractivity contribution in [3.05, 3.63) is 48.5 Å². The lowest BCUT2D eigenvalue weighted by Gasteiger charge is -2.16. The molecule has 2 N–H and O–H groups in total. The smallest absolute Gasteiger partial charge is 0.293 e. The highest BCUT2D eigenvalue weighted by atomic mass is 32.2. The largest absolute Gasteiger partial charge is 0.508 e. The zero-order chi connectivity index (χ0) is 18.7. The molecule has 134 valence electrons. The van der Waals surface area contributed by atoms with E-state index in [-0.39, 0.29) is 12.2 Å². The maximum absolute atomic E-state index is 12.6. The van der Waals surface area contributed by atoms with Gasteiger partial charge in [0.25, 0.3) is 5.24 Å². The van der Waals surface area contributed by atoms with Crippen LogP contribution in [0, 0.1) is 0 Å². The van der Waals surface area contributed by atoms with Crippen LogP contribution in [0.15, 0.2) is 48.5 Å². The standard InChI is InChI=1S/C18H16N2O5S/c1-25-14-5-3-2-4-13(14)20-17(23)15(26-18(20)24)10-16(22)19-11-6-8-12(21)9-7-11/h2-9,15,21H,10H2,1H3,(H,19,22). The zero-order valence-corrected chi connectivity index (χ0v) is 14.7. The van der Waals surface area contributed by atoms with Crippen LogP contribution in [0.4, 0.5) is 16.2 Å². The Morgan fingerprint density at radius 3 is 2.58 bits per heavy atom. The number of aromatic hydroxyl groups is 1. The second kappa shape index (κ2) is 7.49. The average molecular weight is 372 g/mol. The molecule has 1 unspecified atom stereocenters. The number of methoxy groups -OCH3 is 1. The first-order valence-electron chi connectivity index (χ1n) is 7.76. The van der Waals surface area contributed by atoms with Gasteiger partial charge in [0.05, 0.1) is 12.8 Å². The summed E-state index contributed by atoms with van der Waals surface area (Å²) in [4.78, 5) is 38.1. The fourth-order valence-corrected chi connectivity index (χ4v) is 3.52. The molecule has 0 bridgehead atoms. The van der Waals surface area contributed by atoms with E-state index >= 15 is 0 Å². The third-order valence-corrected chi connectivity index (χ3v) is 4.81. The van der Waals surface area contributed by atoms with Crippen molar-refractivity contribution in [1.82, 2.24) is 0 Å². The molecule has 1 heterocycles. The lowest BCUT2D eigenvalue weighted by Crippen LogP contribution is -2.33. The summed E-state index contributed by atoms with van der Waals surface area (Å²) in [6.45, 7) is 0. The van der Waals surface area contributed by atoms with E-state index in [1.807, 2.05) is 0 Å². The van der Waals surface area contributed by atoms with Crippen LogP contribution < -0.4 is 15.0 Å². The van der Waals surface area contributed by atoms with Gasteiger partial charge >= 0.3 is 0 Å². The fourth-order valence-electron chi connectivity index (χ4n) is 2.54. The quantitative estimate of drug-likeness (QED) is 0.784. The molecule has 1 aliphatic rings. The number of phenols is 1. The fraction of sp³-hybridized carbons (Fsp3) is 0.167. The topological polar surface area (TPSA) is 95.9 Å². The summed E-state index contributed by atoms with van der Waals surface area (Å²) in [5.74, 6) is -0.354. The van der Waals surface area contributed by atoms with Gasteiger partial charge in [-0.1, -0.05) is 12.1 Å². The number of nitrogens with one attached hydrogen (secondary N) is 1. The first-order chi connectivity index (χ1) is 12.5. The van der Waals surface area contributed by atoms with E-state index in [9.17, 15) is 19.5 Å². The molecule has 0 aliphatic carbocycles. The van der Waals surface area contributed by atoms with Crippen LogP contribution in [-0.2, 0) is 9.59 Å². The summed E-state index contributed by atoms with van der Waals surface area (Å²) in [5.41, 5.74) is 0.857. The summed E-state index contributed by atoms with van der Waals surface area (Å²) in [5, 5.41) is 10.6. The number of carbonyl (C=O) groups excluding carboxylic acids is 3. The van der Waals surface area contributed by atoms with E-state index in [1.165, 1.54) is 19.2 Å². The number of thioether (sulfide) groups is 1. The van der Waals surface area contributed by atoms with Crippen molar-refractivity contribution in [3.8, 4) is 11.5 Å². The number of hydrogen-bond acceptors (Lipinski definition) is 6. The lowest BCUT2D eigenvalue weighted by molar-refractivity contribution is -0.121. The average Bonchev–Trinajstić information content (AvgIpc) is 2.90. The highest BCUT2D eigenvalue weighted by molar-refractivity contribution is 8.15. The number of benzene rings is 2. The number of nitrogens with zero attached hydrogens (tertiary/aromatic N) is 1. The Hall–Kier alpha value is -3.00. The number of para-hydroxylation sites is 2. The van der Waals surface area contributed by atoms with Gasteiger partial charge in [-0.25, -0.2) is 4.90 Å². The van der Waals surface area contributed by atoms with Gasteiger partial charge < -0.3 is 15.2 Å². The van der Waals surface area contributed by atoms with Crippen molar-refractivity contribution < 1.29 is 24.2 Å². The van der Waals surface area contributed by atoms with Gasteiger partial charge in [-0.2, -0.15) is 0 Å². The molecule has 1 atom stereocenters. The van der Waals surface area contributed by atoms with Gasteiger partial charge in [0.1, 0.15) is 16.7 Å². The Bertz CT molecular complexity index is 853. The van der Waals surface area contributed by atoms with E-state index in [4.69, 9.17) is 4.74 Å². The van der Waals surface area contributed by atoms with Crippen molar-refractivity contribution >= 4 is 40.2 Å². The van der Waals surface area contributed by atoms with Crippen LogP contribution in [0.1, 0.15) is 6.42 Å². The number of carbonyl (C=O) groups is 3. The maximum Gasteiger partial charge on any atom is 0.293 e. The van der Waals surface area contributed by atoms with Crippen LogP contribution in [0.2, 0.25) is 0 Å². The Kier molecular flexibility index (Phi) is 5.13. The Morgan fingerprint density at radius 1 is 1.19 bits per heavy atom. The molecular formula is C18H16N2O5S. The van der Waals surface area contributed by atoms with Crippen molar-refractivity contribution in [1.29, 1.82) is 0 Å². The lowest BCUT2D eigenvalue weighted by atomic mass is 10.2. The van der Waals surface area contributed by atoms with Crippen molar-refractivity contribution in [2.45, 2.75) is 11.7 Å². The molecule has 0 radical (unpaired) electrons. The molecular weight excluding hydrogens is 356 g/mol. The minimum absolute atomic E-state index is 0.0857. The predicted molar refractivity (Wildman–Crippen MR) is 98.6 cm³/mol. The SMILES string of the molecule is COc1ccccc1N1C(=O)SC(CC(=O)Nc2ccc(O)cc2)C1=O. The number of ether oxygens (including phenoxy) is 1. The Balaban J connectivity index is 1.70. The molecule has 3 rings (SSSR count). The van der Waals surface area contributed by atoms with E-state index in [1.54, 1.807) is 36.4 Å².